The summed E-state index contributed by atoms with van der Waals surface area (Å²) in [6, 6.07) is 0. The van der Waals surface area contributed by atoms with Gasteiger partial charge >= 0.3 is 82.2 Å². The zero-order chi connectivity index (χ0) is 8.69. The van der Waals surface area contributed by atoms with E-state index in [0.717, 1.165) is 19.3 Å². The van der Waals surface area contributed by atoms with Gasteiger partial charge in [-0.15, -0.1) is 0 Å². The van der Waals surface area contributed by atoms with Crippen molar-refractivity contribution in [2.45, 2.75) is 32.6 Å². The van der Waals surface area contributed by atoms with E-state index in [-0.39, 0.29) is 5.97 Å². The van der Waals surface area contributed by atoms with Crippen molar-refractivity contribution in [2.75, 3.05) is 0 Å². The average Bonchev–Trinajstić information content (AvgIpc) is 1.86. The van der Waals surface area contributed by atoms with E-state index in [9.17, 15) is 4.79 Å². The second-order valence-corrected chi connectivity index (χ2v) is 11.2. The summed E-state index contributed by atoms with van der Waals surface area (Å²) in [6.45, 7) is 2.08. The summed E-state index contributed by atoms with van der Waals surface area (Å²) in [4.78, 5) is 10.8. The first-order valence-corrected chi connectivity index (χ1v) is 13.3. The Bertz CT molecular complexity index is 119. The Morgan fingerprint density at radius 2 is 2.09 bits per heavy atom. The third kappa shape index (κ3) is 8.76. The van der Waals surface area contributed by atoms with Crippen molar-refractivity contribution in [3.63, 3.8) is 0 Å². The molecule has 0 rings (SSSR count). The molecular formula is C6H12Cl2O2Sn. The topological polar surface area (TPSA) is 26.3 Å². The molecule has 0 radical (unpaired) electrons. The molecule has 0 bridgehead atoms. The van der Waals surface area contributed by atoms with E-state index in [4.69, 9.17) is 20.9 Å². The molecule has 0 aromatic carbocycles. The SMILES string of the molecule is CCCCCC(=O)[O][SnH]([Cl])[Cl]. The Labute approximate surface area is 81.9 Å². The van der Waals surface area contributed by atoms with Crippen LogP contribution in [-0.4, -0.2) is 23.9 Å². The molecule has 0 saturated heterocycles. The van der Waals surface area contributed by atoms with E-state index in [1.54, 1.807) is 0 Å². The predicted molar refractivity (Wildman–Crippen MR) is 49.1 cm³/mol. The molecule has 0 N–H and O–H groups in total. The van der Waals surface area contributed by atoms with Crippen LogP contribution >= 0.6 is 17.8 Å². The first-order chi connectivity index (χ1) is 5.16. The summed E-state index contributed by atoms with van der Waals surface area (Å²) in [7, 11) is 10.8. The van der Waals surface area contributed by atoms with Crippen molar-refractivity contribution in [3.05, 3.63) is 0 Å². The van der Waals surface area contributed by atoms with Gasteiger partial charge in [0.05, 0.1) is 0 Å². The molecule has 0 aromatic heterocycles. The van der Waals surface area contributed by atoms with Crippen molar-refractivity contribution < 1.29 is 7.87 Å². The fourth-order valence-electron chi connectivity index (χ4n) is 0.678. The second-order valence-electron chi connectivity index (χ2n) is 2.21. The Kier molecular flexibility index (Phi) is 8.07. The molecule has 0 atom stereocenters. The molecule has 0 amide bonds. The van der Waals surface area contributed by atoms with E-state index in [0.29, 0.717) is 6.42 Å². The molecule has 0 spiro atoms. The second kappa shape index (κ2) is 7.50. The van der Waals surface area contributed by atoms with Crippen molar-refractivity contribution in [2.24, 2.45) is 0 Å². The predicted octanol–water partition coefficient (Wildman–Crippen LogP) is 2.30. The van der Waals surface area contributed by atoms with Gasteiger partial charge in [-0.25, -0.2) is 0 Å². The van der Waals surface area contributed by atoms with E-state index >= 15 is 0 Å². The van der Waals surface area contributed by atoms with Crippen molar-refractivity contribution >= 4 is 41.7 Å². The first-order valence-electron chi connectivity index (χ1n) is 3.64. The zero-order valence-corrected chi connectivity index (χ0v) is 11.3. The van der Waals surface area contributed by atoms with Crippen LogP contribution in [0.3, 0.4) is 0 Å². The van der Waals surface area contributed by atoms with Crippen LogP contribution in [0.2, 0.25) is 0 Å². The van der Waals surface area contributed by atoms with Gasteiger partial charge < -0.3 is 0 Å². The molecule has 0 aliphatic rings. The summed E-state index contributed by atoms with van der Waals surface area (Å²) in [6.07, 6.45) is 3.49. The zero-order valence-electron chi connectivity index (χ0n) is 6.48. The Balaban J connectivity index is 3.23. The number of rotatable bonds is 5. The molecule has 11 heavy (non-hydrogen) atoms. The molecular weight excluding hydrogens is 294 g/mol. The molecule has 0 heterocycles. The quantitative estimate of drug-likeness (QED) is 0.575. The molecule has 0 fully saturated rings. The summed E-state index contributed by atoms with van der Waals surface area (Å²) in [5, 5.41) is 0. The molecule has 2 nitrogen and oxygen atoms in total. The van der Waals surface area contributed by atoms with Gasteiger partial charge in [-0.2, -0.15) is 0 Å². The number of carbonyl (C=O) groups excluding carboxylic acids is 1. The molecule has 0 saturated carbocycles. The van der Waals surface area contributed by atoms with Gasteiger partial charge in [0.15, 0.2) is 0 Å². The molecule has 0 aromatic rings. The molecule has 0 aliphatic carbocycles. The third-order valence-electron chi connectivity index (χ3n) is 1.20. The van der Waals surface area contributed by atoms with Crippen molar-refractivity contribution in [1.29, 1.82) is 0 Å². The maximum absolute atomic E-state index is 10.8. The van der Waals surface area contributed by atoms with Gasteiger partial charge in [-0.05, 0) is 0 Å². The average molecular weight is 306 g/mol. The normalized spacial score (nSPS) is 10.2. The van der Waals surface area contributed by atoms with Crippen LogP contribution in [-0.2, 0) is 7.87 Å². The van der Waals surface area contributed by atoms with Crippen molar-refractivity contribution in [1.82, 2.24) is 0 Å². The number of hydrogen-bond acceptors (Lipinski definition) is 2. The number of unbranched alkanes of at least 4 members (excludes halogenated alkanes) is 2. The summed E-state index contributed by atoms with van der Waals surface area (Å²) < 4.78 is 4.70. The summed E-state index contributed by atoms with van der Waals surface area (Å²) in [5.74, 6) is -0.232. The molecule has 66 valence electrons. The molecule has 5 heteroatoms. The minimum atomic E-state index is -2.78. The van der Waals surface area contributed by atoms with Crippen LogP contribution in [0, 0.1) is 0 Å². The van der Waals surface area contributed by atoms with E-state index in [1.807, 2.05) is 0 Å². The minimum absolute atomic E-state index is 0.232. The van der Waals surface area contributed by atoms with E-state index in [2.05, 4.69) is 6.92 Å². The monoisotopic (exact) mass is 306 g/mol. The fourth-order valence-corrected chi connectivity index (χ4v) is 2.91. The van der Waals surface area contributed by atoms with Gasteiger partial charge in [-0.3, -0.25) is 0 Å². The van der Waals surface area contributed by atoms with Gasteiger partial charge in [-0.1, -0.05) is 0 Å². The van der Waals surface area contributed by atoms with Crippen LogP contribution in [0.1, 0.15) is 32.6 Å². The number of halogens is 2. The van der Waals surface area contributed by atoms with Crippen molar-refractivity contribution in [3.8, 4) is 0 Å². The van der Waals surface area contributed by atoms with Crippen LogP contribution < -0.4 is 0 Å². The van der Waals surface area contributed by atoms with Gasteiger partial charge in [0.25, 0.3) is 0 Å². The van der Waals surface area contributed by atoms with Gasteiger partial charge in [0.1, 0.15) is 0 Å². The summed E-state index contributed by atoms with van der Waals surface area (Å²) in [5.41, 5.74) is 0. The van der Waals surface area contributed by atoms with E-state index in [1.165, 1.54) is 0 Å². The Hall–Kier alpha value is 0.849. The number of hydrogen-bond donors (Lipinski definition) is 0. The van der Waals surface area contributed by atoms with Gasteiger partial charge in [0.2, 0.25) is 0 Å². The Morgan fingerprint density at radius 1 is 1.45 bits per heavy atom. The Morgan fingerprint density at radius 3 is 2.55 bits per heavy atom. The standard InChI is InChI=1S/C6H12O2.2ClH.Sn.H/c1-2-3-4-5-6(7)8;;;;/h2-5H2,1H3,(H,7,8);2*1H;;/q;;;+3;/p-3. The summed E-state index contributed by atoms with van der Waals surface area (Å²) >= 11 is -2.78. The van der Waals surface area contributed by atoms with Gasteiger partial charge in [0, 0.05) is 0 Å². The third-order valence-corrected chi connectivity index (χ3v) is 3.66. The molecule has 0 unspecified atom stereocenters. The van der Waals surface area contributed by atoms with Crippen LogP contribution in [0.25, 0.3) is 0 Å². The maximum atomic E-state index is 10.8. The fraction of sp³-hybridized carbons (Fsp3) is 0.833. The van der Waals surface area contributed by atoms with Crippen LogP contribution in [0.15, 0.2) is 0 Å². The van der Waals surface area contributed by atoms with Crippen LogP contribution in [0.5, 0.6) is 0 Å². The molecule has 0 aliphatic heterocycles. The van der Waals surface area contributed by atoms with E-state index < -0.39 is 17.9 Å². The first kappa shape index (κ1) is 11.8. The van der Waals surface area contributed by atoms with Crippen LogP contribution in [0.4, 0.5) is 0 Å². The number of carbonyl (C=O) groups is 1.